The lowest BCUT2D eigenvalue weighted by molar-refractivity contribution is -0.135. The summed E-state index contributed by atoms with van der Waals surface area (Å²) in [6.45, 7) is 4.74. The summed E-state index contributed by atoms with van der Waals surface area (Å²) in [5, 5.41) is 11.1. The van der Waals surface area contributed by atoms with Crippen LogP contribution in [0.1, 0.15) is 13.8 Å². The zero-order chi connectivity index (χ0) is 14.7. The Morgan fingerprint density at radius 1 is 1.35 bits per heavy atom. The standard InChI is InChI=1S/C15H17BrN2O2/c1-10(2)8-18(9-14(19)20)15-12-4-3-5-13(16)11(12)6-7-17-15/h3-7,10H,8-9H2,1-2H3,(H,19,20). The highest BCUT2D eigenvalue weighted by Crippen LogP contribution is 2.29. The van der Waals surface area contributed by atoms with E-state index in [4.69, 9.17) is 5.11 Å². The lowest BCUT2D eigenvalue weighted by Gasteiger charge is -2.25. The molecule has 1 aromatic heterocycles. The summed E-state index contributed by atoms with van der Waals surface area (Å²) in [5.74, 6) is 0.234. The van der Waals surface area contributed by atoms with E-state index in [-0.39, 0.29) is 6.54 Å². The molecule has 0 unspecified atom stereocenters. The molecule has 0 amide bonds. The number of aromatic nitrogens is 1. The van der Waals surface area contributed by atoms with E-state index in [1.165, 1.54) is 0 Å². The maximum Gasteiger partial charge on any atom is 0.323 e. The minimum Gasteiger partial charge on any atom is -0.480 e. The fraction of sp³-hybridized carbons (Fsp3) is 0.333. The number of carbonyl (C=O) groups is 1. The highest BCUT2D eigenvalue weighted by Gasteiger charge is 2.16. The van der Waals surface area contributed by atoms with E-state index in [0.29, 0.717) is 12.5 Å². The predicted molar refractivity (Wildman–Crippen MR) is 84.1 cm³/mol. The Labute approximate surface area is 126 Å². The fourth-order valence-corrected chi connectivity index (χ4v) is 2.73. The van der Waals surface area contributed by atoms with Gasteiger partial charge in [0.1, 0.15) is 12.4 Å². The number of carboxylic acids is 1. The van der Waals surface area contributed by atoms with Crippen molar-refractivity contribution in [1.29, 1.82) is 0 Å². The molecule has 0 aliphatic carbocycles. The van der Waals surface area contributed by atoms with Crippen LogP contribution in [0, 0.1) is 5.92 Å². The molecule has 0 saturated heterocycles. The van der Waals surface area contributed by atoms with Gasteiger partial charge in [0.25, 0.3) is 0 Å². The first-order valence-corrected chi connectivity index (χ1v) is 7.28. The first-order valence-electron chi connectivity index (χ1n) is 6.49. The zero-order valence-corrected chi connectivity index (χ0v) is 13.1. The average Bonchev–Trinajstić information content (AvgIpc) is 2.37. The summed E-state index contributed by atoms with van der Waals surface area (Å²) >= 11 is 3.52. The molecule has 2 rings (SSSR count). The summed E-state index contributed by atoms with van der Waals surface area (Å²) < 4.78 is 0.985. The molecule has 0 atom stereocenters. The van der Waals surface area contributed by atoms with Gasteiger partial charge in [0.05, 0.1) is 0 Å². The number of hydrogen-bond donors (Lipinski definition) is 1. The summed E-state index contributed by atoms with van der Waals surface area (Å²) in [5.41, 5.74) is 0. The van der Waals surface area contributed by atoms with Gasteiger partial charge >= 0.3 is 5.97 Å². The van der Waals surface area contributed by atoms with Crippen molar-refractivity contribution in [1.82, 2.24) is 4.98 Å². The van der Waals surface area contributed by atoms with Gasteiger partial charge < -0.3 is 10.0 Å². The van der Waals surface area contributed by atoms with Gasteiger partial charge in [-0.1, -0.05) is 41.9 Å². The van der Waals surface area contributed by atoms with Crippen LogP contribution in [-0.4, -0.2) is 29.1 Å². The molecule has 106 valence electrons. The molecule has 0 spiro atoms. The van der Waals surface area contributed by atoms with Crippen molar-refractivity contribution in [3.05, 3.63) is 34.9 Å². The molecule has 1 N–H and O–H groups in total. The Hall–Kier alpha value is -1.62. The molecule has 0 saturated carbocycles. The van der Waals surface area contributed by atoms with Crippen molar-refractivity contribution in [2.24, 2.45) is 5.92 Å². The van der Waals surface area contributed by atoms with Gasteiger partial charge in [-0.05, 0) is 18.1 Å². The lowest BCUT2D eigenvalue weighted by atomic mass is 10.1. The number of halogens is 1. The van der Waals surface area contributed by atoms with E-state index in [1.54, 1.807) is 6.20 Å². The van der Waals surface area contributed by atoms with Gasteiger partial charge in [-0.15, -0.1) is 0 Å². The van der Waals surface area contributed by atoms with Gasteiger partial charge in [-0.3, -0.25) is 4.79 Å². The Morgan fingerprint density at radius 2 is 2.10 bits per heavy atom. The summed E-state index contributed by atoms with van der Waals surface area (Å²) in [4.78, 5) is 17.3. The summed E-state index contributed by atoms with van der Waals surface area (Å²) in [7, 11) is 0. The molecule has 4 nitrogen and oxygen atoms in total. The minimum atomic E-state index is -0.848. The molecule has 1 aromatic carbocycles. The van der Waals surface area contributed by atoms with Crippen molar-refractivity contribution in [2.75, 3.05) is 18.0 Å². The van der Waals surface area contributed by atoms with Crippen molar-refractivity contribution in [3.8, 4) is 0 Å². The SMILES string of the molecule is CC(C)CN(CC(=O)O)c1nccc2c(Br)cccc12. The van der Waals surface area contributed by atoms with Crippen LogP contribution >= 0.6 is 15.9 Å². The Balaban J connectivity index is 2.52. The van der Waals surface area contributed by atoms with Crippen molar-refractivity contribution in [3.63, 3.8) is 0 Å². The van der Waals surface area contributed by atoms with Gasteiger partial charge in [0.15, 0.2) is 0 Å². The number of rotatable bonds is 5. The number of hydrogen-bond acceptors (Lipinski definition) is 3. The minimum absolute atomic E-state index is 0.0448. The highest BCUT2D eigenvalue weighted by atomic mass is 79.9. The topological polar surface area (TPSA) is 53.4 Å². The molecule has 0 aliphatic heterocycles. The van der Waals surface area contributed by atoms with Crippen LogP contribution in [0.4, 0.5) is 5.82 Å². The van der Waals surface area contributed by atoms with Crippen molar-refractivity contribution in [2.45, 2.75) is 13.8 Å². The molecule has 1 heterocycles. The number of anilines is 1. The monoisotopic (exact) mass is 336 g/mol. The van der Waals surface area contributed by atoms with Gasteiger partial charge in [0, 0.05) is 28.0 Å². The Morgan fingerprint density at radius 3 is 2.75 bits per heavy atom. The zero-order valence-electron chi connectivity index (χ0n) is 11.5. The van der Waals surface area contributed by atoms with Crippen LogP contribution < -0.4 is 4.90 Å². The fourth-order valence-electron chi connectivity index (χ4n) is 2.24. The third-order valence-corrected chi connectivity index (χ3v) is 3.63. The van der Waals surface area contributed by atoms with Crippen LogP contribution in [0.5, 0.6) is 0 Å². The maximum atomic E-state index is 11.1. The van der Waals surface area contributed by atoms with Crippen LogP contribution in [0.25, 0.3) is 10.8 Å². The number of aliphatic carboxylic acids is 1. The van der Waals surface area contributed by atoms with E-state index >= 15 is 0 Å². The second-order valence-electron chi connectivity index (χ2n) is 5.14. The van der Waals surface area contributed by atoms with Gasteiger partial charge in [-0.2, -0.15) is 0 Å². The third-order valence-electron chi connectivity index (χ3n) is 2.94. The van der Waals surface area contributed by atoms with Gasteiger partial charge in [0.2, 0.25) is 0 Å². The van der Waals surface area contributed by atoms with Crippen molar-refractivity contribution < 1.29 is 9.90 Å². The number of pyridine rings is 1. The highest BCUT2D eigenvalue weighted by molar-refractivity contribution is 9.10. The Kier molecular flexibility index (Phi) is 4.60. The molecule has 5 heteroatoms. The lowest BCUT2D eigenvalue weighted by Crippen LogP contribution is -2.33. The predicted octanol–water partition coefficient (Wildman–Crippen LogP) is 3.54. The smallest absolute Gasteiger partial charge is 0.323 e. The molecule has 0 radical (unpaired) electrons. The van der Waals surface area contributed by atoms with E-state index < -0.39 is 5.97 Å². The first kappa shape index (κ1) is 14.8. The van der Waals surface area contributed by atoms with Crippen molar-refractivity contribution >= 4 is 38.5 Å². The summed E-state index contributed by atoms with van der Waals surface area (Å²) in [6, 6.07) is 7.80. The molecule has 2 aromatic rings. The maximum absolute atomic E-state index is 11.1. The van der Waals surface area contributed by atoms with Crippen LogP contribution in [0.2, 0.25) is 0 Å². The van der Waals surface area contributed by atoms with Crippen LogP contribution in [0.15, 0.2) is 34.9 Å². The third kappa shape index (κ3) is 3.28. The van der Waals surface area contributed by atoms with E-state index in [1.807, 2.05) is 29.2 Å². The largest absolute Gasteiger partial charge is 0.480 e. The van der Waals surface area contributed by atoms with E-state index in [0.717, 1.165) is 21.1 Å². The molecule has 20 heavy (non-hydrogen) atoms. The molecular weight excluding hydrogens is 320 g/mol. The number of fused-ring (bicyclic) bond motifs is 1. The van der Waals surface area contributed by atoms with E-state index in [9.17, 15) is 4.79 Å². The summed E-state index contributed by atoms with van der Waals surface area (Å²) in [6.07, 6.45) is 1.72. The second kappa shape index (κ2) is 6.22. The van der Waals surface area contributed by atoms with Crippen LogP contribution in [0.3, 0.4) is 0 Å². The quantitative estimate of drug-likeness (QED) is 0.907. The molecule has 0 bridgehead atoms. The number of benzene rings is 1. The van der Waals surface area contributed by atoms with E-state index in [2.05, 4.69) is 34.8 Å². The van der Waals surface area contributed by atoms with Crippen LogP contribution in [-0.2, 0) is 4.79 Å². The Bertz CT molecular complexity index is 628. The average molecular weight is 337 g/mol. The van der Waals surface area contributed by atoms with Gasteiger partial charge in [-0.25, -0.2) is 4.98 Å². The molecular formula is C15H17BrN2O2. The number of nitrogens with zero attached hydrogens (tertiary/aromatic N) is 2. The normalized spacial score (nSPS) is 11.0. The first-order chi connectivity index (χ1) is 9.49. The number of carboxylic acid groups (broad SMARTS) is 1. The second-order valence-corrected chi connectivity index (χ2v) is 5.99. The molecule has 0 aliphatic rings. The molecule has 0 fully saturated rings.